The van der Waals surface area contributed by atoms with Gasteiger partial charge in [-0.1, -0.05) is 24.3 Å². The molecule has 8 heteroatoms. The van der Waals surface area contributed by atoms with Crippen molar-refractivity contribution in [1.29, 1.82) is 4.78 Å². The van der Waals surface area contributed by atoms with Crippen molar-refractivity contribution in [3.63, 3.8) is 0 Å². The molecule has 0 aliphatic carbocycles. The van der Waals surface area contributed by atoms with Crippen LogP contribution in [0, 0.1) is 15.2 Å². The second-order valence-corrected chi connectivity index (χ2v) is 5.28. The first-order valence-electron chi connectivity index (χ1n) is 5.48. The van der Waals surface area contributed by atoms with Gasteiger partial charge in [-0.3, -0.25) is 15.2 Å². The number of hydrogen-bond donors (Lipinski definition) is 3. The molecular weight excluding hydrogens is 282 g/mol. The second kappa shape index (κ2) is 5.99. The third-order valence-electron chi connectivity index (χ3n) is 2.58. The van der Waals surface area contributed by atoms with Crippen LogP contribution in [0.1, 0.15) is 0 Å². The molecule has 0 amide bonds. The highest BCUT2D eigenvalue weighted by Gasteiger charge is 2.12. The van der Waals surface area contributed by atoms with Gasteiger partial charge < -0.3 is 20.9 Å². The van der Waals surface area contributed by atoms with E-state index in [0.29, 0.717) is 0 Å². The number of hydrogen-bond acceptors (Lipinski definition) is 7. The summed E-state index contributed by atoms with van der Waals surface area (Å²) in [5, 5.41) is 39.7. The zero-order valence-corrected chi connectivity index (χ0v) is 10.9. The van der Waals surface area contributed by atoms with Crippen LogP contribution in [-0.4, -0.2) is 10.4 Å². The maximum Gasteiger partial charge on any atom is 0.0657 e. The fraction of sp³-hybridized carbons (Fsp3) is 0. The lowest BCUT2D eigenvalue weighted by molar-refractivity contribution is 0.294. The van der Waals surface area contributed by atoms with Gasteiger partial charge in [0.15, 0.2) is 0 Å². The van der Waals surface area contributed by atoms with Crippen molar-refractivity contribution >= 4 is 22.1 Å². The maximum atomic E-state index is 11.1. The lowest BCUT2D eigenvalue weighted by Gasteiger charge is -2.27. The fourth-order valence-electron chi connectivity index (χ4n) is 1.69. The highest BCUT2D eigenvalue weighted by Crippen LogP contribution is 2.31. The molecule has 0 unspecified atom stereocenters. The van der Waals surface area contributed by atoms with Crippen LogP contribution < -0.4 is 10.5 Å². The predicted molar refractivity (Wildman–Crippen MR) is 74.8 cm³/mol. The number of rotatable bonds is 4. The summed E-state index contributed by atoms with van der Waals surface area (Å²) < 4.78 is 8.20. The molecule has 2 aromatic rings. The lowest BCUT2D eigenvalue weighted by Crippen LogP contribution is -2.13. The molecule has 106 valence electrons. The van der Waals surface area contributed by atoms with Gasteiger partial charge in [0.25, 0.3) is 0 Å². The third kappa shape index (κ3) is 2.79. The maximum absolute atomic E-state index is 11.1. The van der Waals surface area contributed by atoms with Gasteiger partial charge >= 0.3 is 0 Å². The van der Waals surface area contributed by atoms with E-state index in [-0.39, 0.29) is 31.6 Å². The Balaban J connectivity index is 2.53. The number of para-hydroxylation sites is 2. The van der Waals surface area contributed by atoms with Gasteiger partial charge in [-0.2, -0.15) is 0 Å². The molecule has 0 aromatic heterocycles. The van der Waals surface area contributed by atoms with Gasteiger partial charge in [0.2, 0.25) is 0 Å². The monoisotopic (exact) mass is 293 g/mol. The Bertz CT molecular complexity index is 580. The minimum atomic E-state index is -1.41. The fourth-order valence-corrected chi connectivity index (χ4v) is 3.07. The minimum Gasteiger partial charge on any atom is -0.733 e. The predicted octanol–water partition coefficient (Wildman–Crippen LogP) is 2.87. The van der Waals surface area contributed by atoms with E-state index in [2.05, 4.69) is 0 Å². The van der Waals surface area contributed by atoms with E-state index in [1.165, 1.54) is 24.3 Å². The van der Waals surface area contributed by atoms with Crippen molar-refractivity contribution in [3.8, 4) is 0 Å². The van der Waals surface area contributed by atoms with E-state index >= 15 is 0 Å². The summed E-state index contributed by atoms with van der Waals surface area (Å²) in [4.78, 5) is 0.499. The highest BCUT2D eigenvalue weighted by molar-refractivity contribution is 7.86. The molecule has 0 spiro atoms. The first-order valence-corrected chi connectivity index (χ1v) is 6.70. The average Bonchev–Trinajstić information content (AvgIpc) is 2.46. The van der Waals surface area contributed by atoms with Crippen LogP contribution in [0.15, 0.2) is 58.3 Å². The molecule has 0 saturated carbocycles. The summed E-state index contributed by atoms with van der Waals surface area (Å²) in [5.41, 5.74) is -0.146. The van der Waals surface area contributed by atoms with Crippen molar-refractivity contribution in [1.82, 2.24) is 0 Å². The topological polar surface area (TPSA) is 117 Å². The zero-order valence-electron chi connectivity index (χ0n) is 10.1. The van der Waals surface area contributed by atoms with Gasteiger partial charge in [-0.15, -0.1) is 0 Å². The van der Waals surface area contributed by atoms with Crippen LogP contribution in [0.25, 0.3) is 0 Å². The Kier molecular flexibility index (Phi) is 4.32. The lowest BCUT2D eigenvalue weighted by atomic mass is 10.3. The Hall–Kier alpha value is -1.97. The van der Waals surface area contributed by atoms with Gasteiger partial charge in [-0.05, 0) is 35.0 Å². The van der Waals surface area contributed by atoms with Crippen molar-refractivity contribution in [3.05, 3.63) is 58.9 Å². The van der Waals surface area contributed by atoms with Gasteiger partial charge in [-0.25, -0.2) is 0 Å². The molecule has 0 bridgehead atoms. The van der Waals surface area contributed by atoms with Crippen LogP contribution in [0.2, 0.25) is 0 Å². The first-order chi connectivity index (χ1) is 9.52. The number of anilines is 2. The minimum absolute atomic E-state index is 0.0731. The molecule has 0 atom stereocenters. The summed E-state index contributed by atoms with van der Waals surface area (Å²) >= 11 is 0. The number of benzene rings is 2. The largest absolute Gasteiger partial charge is 0.733 e. The molecule has 3 N–H and O–H groups in total. The molecule has 0 aliphatic heterocycles. The number of nitrogens with one attached hydrogen (secondary N) is 1. The van der Waals surface area contributed by atoms with Crippen LogP contribution >= 0.6 is 0 Å². The van der Waals surface area contributed by atoms with E-state index in [9.17, 15) is 10.4 Å². The summed E-state index contributed by atoms with van der Waals surface area (Å²) in [7, 11) is -1.41. The highest BCUT2D eigenvalue weighted by atomic mass is 32.2. The van der Waals surface area contributed by atoms with Crippen LogP contribution in [0.3, 0.4) is 0 Å². The molecule has 0 saturated heterocycles. The van der Waals surface area contributed by atoms with E-state index in [0.717, 1.165) is 0 Å². The molecule has 0 heterocycles. The van der Waals surface area contributed by atoms with E-state index in [1.54, 1.807) is 24.3 Å². The van der Waals surface area contributed by atoms with Gasteiger partial charge in [0.1, 0.15) is 0 Å². The van der Waals surface area contributed by atoms with E-state index < -0.39 is 10.7 Å². The van der Waals surface area contributed by atoms with Gasteiger partial charge in [0.05, 0.1) is 11.4 Å². The van der Waals surface area contributed by atoms with Crippen molar-refractivity contribution < 1.29 is 10.4 Å². The Morgan fingerprint density at radius 2 is 1.15 bits per heavy atom. The second-order valence-electron chi connectivity index (χ2n) is 3.79. The standard InChI is InChI=1S/C12H11N3O4S/c13-20(11-7-3-1-5-9(11)14(16)17)12-8-4-2-6-10(12)15(18)19/h1-8,13,16,18H/q-2. The quantitative estimate of drug-likeness (QED) is 0.746. The Morgan fingerprint density at radius 3 is 1.50 bits per heavy atom. The summed E-state index contributed by atoms with van der Waals surface area (Å²) in [6, 6.07) is 12.1. The van der Waals surface area contributed by atoms with Crippen molar-refractivity contribution in [2.75, 3.05) is 10.5 Å². The van der Waals surface area contributed by atoms with Crippen LogP contribution in [0.5, 0.6) is 0 Å². The SMILES string of the molecule is N=S(c1ccccc1N([O-])O)c1ccccc1N([O-])O. The van der Waals surface area contributed by atoms with Crippen molar-refractivity contribution in [2.24, 2.45) is 0 Å². The molecule has 7 nitrogen and oxygen atoms in total. The van der Waals surface area contributed by atoms with E-state index in [4.69, 9.17) is 15.2 Å². The van der Waals surface area contributed by atoms with Crippen molar-refractivity contribution in [2.45, 2.75) is 9.79 Å². The molecule has 0 fully saturated rings. The van der Waals surface area contributed by atoms with Gasteiger partial charge in [0, 0.05) is 9.79 Å². The number of nitrogens with zero attached hydrogens (tertiary/aromatic N) is 2. The third-order valence-corrected chi connectivity index (χ3v) is 4.15. The summed E-state index contributed by atoms with van der Waals surface area (Å²) in [6.45, 7) is 0. The van der Waals surface area contributed by atoms with Crippen LogP contribution in [-0.2, 0) is 10.7 Å². The Labute approximate surface area is 117 Å². The van der Waals surface area contributed by atoms with E-state index in [1.807, 2.05) is 0 Å². The molecule has 2 aromatic carbocycles. The molecule has 2 rings (SSSR count). The molecular formula is C12H11N3O4S-2. The molecule has 20 heavy (non-hydrogen) atoms. The smallest absolute Gasteiger partial charge is 0.0657 e. The molecule has 0 radical (unpaired) electrons. The Morgan fingerprint density at radius 1 is 0.800 bits per heavy atom. The summed E-state index contributed by atoms with van der Waals surface area (Å²) in [5.74, 6) is 0. The average molecular weight is 293 g/mol. The first kappa shape index (κ1) is 14.4. The normalized spacial score (nSPS) is 10.7. The molecule has 0 aliphatic rings. The van der Waals surface area contributed by atoms with Crippen LogP contribution in [0.4, 0.5) is 11.4 Å². The summed E-state index contributed by atoms with van der Waals surface area (Å²) in [6.07, 6.45) is 0. The zero-order chi connectivity index (χ0) is 14.7.